The molecule has 0 radical (unpaired) electrons. The van der Waals surface area contributed by atoms with E-state index in [1.807, 2.05) is 18.3 Å². The van der Waals surface area contributed by atoms with E-state index in [9.17, 15) is 4.79 Å². The number of thiazole rings is 1. The molecule has 3 nitrogen and oxygen atoms in total. The predicted octanol–water partition coefficient (Wildman–Crippen LogP) is 6.09. The molecule has 0 amide bonds. The number of Topliss-reactive ketones (excluding diaryl/α,β-unsaturated/α-hetero) is 1. The fourth-order valence-electron chi connectivity index (χ4n) is 3.60. The molecule has 1 saturated heterocycles. The maximum atomic E-state index is 12.4. The van der Waals surface area contributed by atoms with Crippen LogP contribution in [0.2, 0.25) is 5.02 Å². The number of hydrogen-bond donors (Lipinski definition) is 0. The first-order valence-electron chi connectivity index (χ1n) is 10.1. The van der Waals surface area contributed by atoms with Crippen molar-refractivity contribution in [3.8, 4) is 10.4 Å². The second kappa shape index (κ2) is 8.78. The number of likely N-dealkylation sites (tertiary alicyclic amines) is 1. The van der Waals surface area contributed by atoms with Crippen molar-refractivity contribution < 1.29 is 4.79 Å². The summed E-state index contributed by atoms with van der Waals surface area (Å²) in [6.45, 7) is 6.72. The van der Waals surface area contributed by atoms with Crippen molar-refractivity contribution in [3.05, 3.63) is 75.9 Å². The highest BCUT2D eigenvalue weighted by Crippen LogP contribution is 2.35. The lowest BCUT2D eigenvalue weighted by Gasteiger charge is -2.41. The van der Waals surface area contributed by atoms with Gasteiger partial charge in [0.1, 0.15) is 0 Å². The lowest BCUT2D eigenvalue weighted by molar-refractivity contribution is 0.0983. The van der Waals surface area contributed by atoms with E-state index in [1.54, 1.807) is 23.5 Å². The first-order valence-corrected chi connectivity index (χ1v) is 11.3. The number of carbonyl (C=O) groups excluding carboxylic acids is 1. The van der Waals surface area contributed by atoms with Crippen LogP contribution >= 0.6 is 22.9 Å². The Morgan fingerprint density at radius 3 is 2.66 bits per heavy atom. The average Bonchev–Trinajstić information content (AvgIpc) is 3.14. The summed E-state index contributed by atoms with van der Waals surface area (Å²) in [5, 5.41) is 1.84. The topological polar surface area (TPSA) is 33.2 Å². The maximum absolute atomic E-state index is 12.4. The fourth-order valence-corrected chi connectivity index (χ4v) is 4.80. The summed E-state index contributed by atoms with van der Waals surface area (Å²) in [7, 11) is 0. The van der Waals surface area contributed by atoms with Crippen LogP contribution in [-0.4, -0.2) is 34.8 Å². The molecule has 1 aromatic heterocycles. The van der Waals surface area contributed by atoms with Crippen LogP contribution in [0.3, 0.4) is 0 Å². The molecule has 0 saturated carbocycles. The first kappa shape index (κ1) is 20.3. The highest BCUT2D eigenvalue weighted by Gasteiger charge is 2.31. The molecular formula is C24H25ClN2OS. The minimum atomic E-state index is 0.125. The van der Waals surface area contributed by atoms with Crippen molar-refractivity contribution in [1.82, 2.24) is 9.88 Å². The van der Waals surface area contributed by atoms with E-state index in [0.717, 1.165) is 19.5 Å². The summed E-state index contributed by atoms with van der Waals surface area (Å²) in [6.07, 6.45) is 3.21. The van der Waals surface area contributed by atoms with Gasteiger partial charge < -0.3 is 0 Å². The zero-order valence-corrected chi connectivity index (χ0v) is 18.3. The first-order chi connectivity index (χ1) is 14.0. The predicted molar refractivity (Wildman–Crippen MR) is 121 cm³/mol. The quantitative estimate of drug-likeness (QED) is 0.430. The van der Waals surface area contributed by atoms with Crippen LogP contribution in [0.5, 0.6) is 0 Å². The van der Waals surface area contributed by atoms with Crippen molar-refractivity contribution in [2.75, 3.05) is 13.1 Å². The van der Waals surface area contributed by atoms with E-state index in [2.05, 4.69) is 48.0 Å². The number of halogens is 1. The van der Waals surface area contributed by atoms with Crippen LogP contribution in [0.15, 0.2) is 54.7 Å². The van der Waals surface area contributed by atoms with Crippen LogP contribution in [0.1, 0.15) is 47.1 Å². The fraction of sp³-hybridized carbons (Fsp3) is 0.333. The minimum Gasteiger partial charge on any atom is -0.299 e. The zero-order valence-electron chi connectivity index (χ0n) is 16.8. The molecule has 2 heterocycles. The normalized spacial score (nSPS) is 14.9. The van der Waals surface area contributed by atoms with Gasteiger partial charge in [-0.3, -0.25) is 9.69 Å². The van der Waals surface area contributed by atoms with Crippen molar-refractivity contribution in [3.63, 3.8) is 0 Å². The van der Waals surface area contributed by atoms with Crippen LogP contribution in [-0.2, 0) is 6.42 Å². The number of aromatic nitrogens is 1. The number of rotatable bonds is 7. The van der Waals surface area contributed by atoms with Gasteiger partial charge >= 0.3 is 0 Å². The Morgan fingerprint density at radius 2 is 1.97 bits per heavy atom. The molecule has 1 fully saturated rings. The molecule has 29 heavy (non-hydrogen) atoms. The summed E-state index contributed by atoms with van der Waals surface area (Å²) < 4.78 is 0. The molecule has 150 valence electrons. The molecule has 0 unspecified atom stereocenters. The summed E-state index contributed by atoms with van der Waals surface area (Å²) in [6, 6.07) is 16.3. The summed E-state index contributed by atoms with van der Waals surface area (Å²) >= 11 is 7.78. The van der Waals surface area contributed by atoms with Crippen LogP contribution in [0, 0.1) is 0 Å². The standard InChI is InChI=1S/C24H25ClN2OS/c1-16(2)27-14-20(15-27)24-26-13-23(29-24)18-9-6-17(7-10-18)8-11-22(28)19-4-3-5-21(25)12-19/h3-7,9-10,12-13,16,20H,8,11,14-15H2,1-2H3. The average molecular weight is 425 g/mol. The largest absolute Gasteiger partial charge is 0.299 e. The number of nitrogens with zero attached hydrogens (tertiary/aromatic N) is 2. The Morgan fingerprint density at radius 1 is 1.21 bits per heavy atom. The molecule has 4 rings (SSSR count). The van der Waals surface area contributed by atoms with Gasteiger partial charge in [0.05, 0.1) is 9.88 Å². The third kappa shape index (κ3) is 4.77. The Hall–Kier alpha value is -2.01. The van der Waals surface area contributed by atoms with Crippen LogP contribution < -0.4 is 0 Å². The van der Waals surface area contributed by atoms with Gasteiger partial charge in [-0.2, -0.15) is 0 Å². The van der Waals surface area contributed by atoms with E-state index in [-0.39, 0.29) is 5.78 Å². The molecule has 0 bridgehead atoms. The van der Waals surface area contributed by atoms with Gasteiger partial charge in [-0.1, -0.05) is 48.0 Å². The Balaban J connectivity index is 1.34. The molecule has 1 aliphatic rings. The molecule has 0 N–H and O–H groups in total. The second-order valence-corrected chi connectivity index (χ2v) is 9.44. The zero-order chi connectivity index (χ0) is 20.4. The van der Waals surface area contributed by atoms with E-state index >= 15 is 0 Å². The Bertz CT molecular complexity index is 990. The van der Waals surface area contributed by atoms with E-state index in [1.165, 1.54) is 21.0 Å². The minimum absolute atomic E-state index is 0.125. The molecule has 3 aromatic rings. The van der Waals surface area contributed by atoms with Gasteiger partial charge in [0, 0.05) is 48.3 Å². The van der Waals surface area contributed by atoms with Gasteiger partial charge in [-0.05, 0) is 43.5 Å². The molecular weight excluding hydrogens is 400 g/mol. The van der Waals surface area contributed by atoms with Gasteiger partial charge in [0.2, 0.25) is 0 Å². The van der Waals surface area contributed by atoms with Gasteiger partial charge in [0.25, 0.3) is 0 Å². The molecule has 2 aromatic carbocycles. The lowest BCUT2D eigenvalue weighted by atomic mass is 9.99. The van der Waals surface area contributed by atoms with E-state index in [0.29, 0.717) is 29.0 Å². The number of benzene rings is 2. The van der Waals surface area contributed by atoms with Gasteiger partial charge in [0.15, 0.2) is 5.78 Å². The van der Waals surface area contributed by atoms with Crippen molar-refractivity contribution >= 4 is 28.7 Å². The molecule has 5 heteroatoms. The van der Waals surface area contributed by atoms with Crippen molar-refractivity contribution in [1.29, 1.82) is 0 Å². The van der Waals surface area contributed by atoms with Crippen LogP contribution in [0.25, 0.3) is 10.4 Å². The highest BCUT2D eigenvalue weighted by atomic mass is 35.5. The summed E-state index contributed by atoms with van der Waals surface area (Å²) in [4.78, 5) is 20.7. The monoisotopic (exact) mass is 424 g/mol. The molecule has 0 aliphatic carbocycles. The Labute approximate surface area is 181 Å². The smallest absolute Gasteiger partial charge is 0.163 e. The van der Waals surface area contributed by atoms with Gasteiger partial charge in [-0.15, -0.1) is 11.3 Å². The summed E-state index contributed by atoms with van der Waals surface area (Å²) in [5.74, 6) is 0.701. The SMILES string of the molecule is CC(C)N1CC(c2ncc(-c3ccc(CCC(=O)c4cccc(Cl)c4)cc3)s2)C1. The van der Waals surface area contributed by atoms with E-state index < -0.39 is 0 Å². The second-order valence-electron chi connectivity index (χ2n) is 7.94. The molecule has 0 spiro atoms. The molecule has 1 aliphatic heterocycles. The van der Waals surface area contributed by atoms with Crippen molar-refractivity contribution in [2.24, 2.45) is 0 Å². The Kier molecular flexibility index (Phi) is 6.14. The van der Waals surface area contributed by atoms with Gasteiger partial charge in [-0.25, -0.2) is 4.98 Å². The number of carbonyl (C=O) groups is 1. The number of aryl methyl sites for hydroxylation is 1. The highest BCUT2D eigenvalue weighted by molar-refractivity contribution is 7.15. The number of ketones is 1. The summed E-state index contributed by atoms with van der Waals surface area (Å²) in [5.41, 5.74) is 3.04. The third-order valence-corrected chi connectivity index (χ3v) is 6.98. The van der Waals surface area contributed by atoms with Crippen molar-refractivity contribution in [2.45, 2.75) is 38.6 Å². The molecule has 0 atom stereocenters. The van der Waals surface area contributed by atoms with Crippen LogP contribution in [0.4, 0.5) is 0 Å². The maximum Gasteiger partial charge on any atom is 0.163 e. The van der Waals surface area contributed by atoms with E-state index in [4.69, 9.17) is 11.6 Å². The third-order valence-electron chi connectivity index (χ3n) is 5.54. The lowest BCUT2D eigenvalue weighted by Crippen LogP contribution is -2.48. The number of hydrogen-bond acceptors (Lipinski definition) is 4.